The SMILES string of the molecule is OC(CNc1cc(C(F)(F)F)ccc1Cl)COCC1CC1. The van der Waals surface area contributed by atoms with Gasteiger partial charge in [-0.15, -0.1) is 0 Å². The second kappa shape index (κ2) is 6.85. The molecule has 0 saturated heterocycles. The average molecular weight is 324 g/mol. The van der Waals surface area contributed by atoms with E-state index >= 15 is 0 Å². The van der Waals surface area contributed by atoms with Gasteiger partial charge >= 0.3 is 6.18 Å². The van der Waals surface area contributed by atoms with E-state index in [4.69, 9.17) is 16.3 Å². The Balaban J connectivity index is 1.83. The van der Waals surface area contributed by atoms with E-state index < -0.39 is 17.8 Å². The number of alkyl halides is 3. The van der Waals surface area contributed by atoms with E-state index in [1.54, 1.807) is 0 Å². The molecule has 1 atom stereocenters. The van der Waals surface area contributed by atoms with Crippen LogP contribution in [0.5, 0.6) is 0 Å². The molecule has 0 spiro atoms. The maximum Gasteiger partial charge on any atom is 0.416 e. The number of benzene rings is 1. The lowest BCUT2D eigenvalue weighted by atomic mass is 10.2. The van der Waals surface area contributed by atoms with Crippen molar-refractivity contribution in [2.24, 2.45) is 5.92 Å². The Labute approximate surface area is 126 Å². The van der Waals surface area contributed by atoms with Crippen molar-refractivity contribution < 1.29 is 23.0 Å². The van der Waals surface area contributed by atoms with Crippen LogP contribution in [0.3, 0.4) is 0 Å². The molecule has 21 heavy (non-hydrogen) atoms. The van der Waals surface area contributed by atoms with Crippen LogP contribution in [0.25, 0.3) is 0 Å². The van der Waals surface area contributed by atoms with Crippen molar-refractivity contribution >= 4 is 17.3 Å². The van der Waals surface area contributed by atoms with Crippen LogP contribution in [0.15, 0.2) is 18.2 Å². The molecule has 0 heterocycles. The van der Waals surface area contributed by atoms with E-state index in [1.165, 1.54) is 6.07 Å². The molecule has 0 amide bonds. The van der Waals surface area contributed by atoms with E-state index in [0.717, 1.165) is 25.0 Å². The molecule has 7 heteroatoms. The quantitative estimate of drug-likeness (QED) is 0.806. The Morgan fingerprint density at radius 3 is 2.71 bits per heavy atom. The number of nitrogens with one attached hydrogen (secondary N) is 1. The first-order valence-electron chi connectivity index (χ1n) is 6.72. The van der Waals surface area contributed by atoms with Crippen LogP contribution in [-0.2, 0) is 10.9 Å². The molecule has 1 saturated carbocycles. The molecule has 0 aromatic heterocycles. The number of halogens is 4. The van der Waals surface area contributed by atoms with Gasteiger partial charge in [-0.1, -0.05) is 11.6 Å². The highest BCUT2D eigenvalue weighted by Crippen LogP contribution is 2.33. The fourth-order valence-corrected chi connectivity index (χ4v) is 1.96. The Morgan fingerprint density at radius 1 is 1.38 bits per heavy atom. The first-order chi connectivity index (χ1) is 9.86. The predicted octanol–water partition coefficient (Wildman–Crippen LogP) is 3.56. The highest BCUT2D eigenvalue weighted by molar-refractivity contribution is 6.33. The van der Waals surface area contributed by atoms with Gasteiger partial charge in [0.25, 0.3) is 0 Å². The molecule has 1 fully saturated rings. The minimum Gasteiger partial charge on any atom is -0.389 e. The lowest BCUT2D eigenvalue weighted by Crippen LogP contribution is -2.25. The molecule has 1 aromatic rings. The molecule has 3 nitrogen and oxygen atoms in total. The third-order valence-electron chi connectivity index (χ3n) is 3.18. The van der Waals surface area contributed by atoms with Crippen molar-refractivity contribution in [3.63, 3.8) is 0 Å². The Kier molecular flexibility index (Phi) is 5.35. The van der Waals surface area contributed by atoms with Crippen LogP contribution in [0, 0.1) is 5.92 Å². The highest BCUT2D eigenvalue weighted by Gasteiger charge is 2.31. The summed E-state index contributed by atoms with van der Waals surface area (Å²) in [5, 5.41) is 12.6. The Bertz CT molecular complexity index is 478. The number of anilines is 1. The average Bonchev–Trinajstić information content (AvgIpc) is 3.20. The minimum atomic E-state index is -4.42. The molecular weight excluding hydrogens is 307 g/mol. The number of hydrogen-bond donors (Lipinski definition) is 2. The van der Waals surface area contributed by atoms with Gasteiger partial charge < -0.3 is 15.2 Å². The fourth-order valence-electron chi connectivity index (χ4n) is 1.78. The number of aliphatic hydroxyl groups is 1. The minimum absolute atomic E-state index is 0.0751. The summed E-state index contributed by atoms with van der Waals surface area (Å²) in [6, 6.07) is 3.03. The second-order valence-corrected chi connectivity index (χ2v) is 5.62. The summed E-state index contributed by atoms with van der Waals surface area (Å²) in [6.07, 6.45) is -2.90. The zero-order valence-corrected chi connectivity index (χ0v) is 12.0. The van der Waals surface area contributed by atoms with Crippen molar-refractivity contribution in [3.05, 3.63) is 28.8 Å². The fraction of sp³-hybridized carbons (Fsp3) is 0.571. The van der Waals surface area contributed by atoms with Gasteiger partial charge in [0.15, 0.2) is 0 Å². The van der Waals surface area contributed by atoms with Crippen LogP contribution in [0.2, 0.25) is 5.02 Å². The van der Waals surface area contributed by atoms with E-state index in [1.807, 2.05) is 0 Å². The monoisotopic (exact) mass is 323 g/mol. The van der Waals surface area contributed by atoms with E-state index in [2.05, 4.69) is 5.32 Å². The maximum atomic E-state index is 12.6. The molecule has 118 valence electrons. The van der Waals surface area contributed by atoms with Gasteiger partial charge in [-0.05, 0) is 37.0 Å². The van der Waals surface area contributed by atoms with Crippen molar-refractivity contribution in [2.45, 2.75) is 25.1 Å². The highest BCUT2D eigenvalue weighted by atomic mass is 35.5. The van der Waals surface area contributed by atoms with E-state index in [0.29, 0.717) is 12.5 Å². The number of hydrogen-bond acceptors (Lipinski definition) is 3. The lowest BCUT2D eigenvalue weighted by Gasteiger charge is -2.15. The first-order valence-corrected chi connectivity index (χ1v) is 7.10. The molecule has 0 radical (unpaired) electrons. The summed E-state index contributed by atoms with van der Waals surface area (Å²) in [5.74, 6) is 0.600. The van der Waals surface area contributed by atoms with Crippen molar-refractivity contribution in [1.82, 2.24) is 0 Å². The predicted molar refractivity (Wildman–Crippen MR) is 74.5 cm³/mol. The Hall–Kier alpha value is -0.980. The largest absolute Gasteiger partial charge is 0.416 e. The third kappa shape index (κ3) is 5.37. The van der Waals surface area contributed by atoms with Gasteiger partial charge in [0.2, 0.25) is 0 Å². The van der Waals surface area contributed by atoms with Gasteiger partial charge in [0.05, 0.1) is 29.0 Å². The summed E-state index contributed by atoms with van der Waals surface area (Å²) >= 11 is 5.84. The van der Waals surface area contributed by atoms with Crippen LogP contribution in [0.4, 0.5) is 18.9 Å². The summed E-state index contributed by atoms with van der Waals surface area (Å²) < 4.78 is 43.1. The van der Waals surface area contributed by atoms with Crippen molar-refractivity contribution in [2.75, 3.05) is 25.1 Å². The molecule has 1 unspecified atom stereocenters. The number of ether oxygens (including phenoxy) is 1. The van der Waals surface area contributed by atoms with Crippen molar-refractivity contribution in [3.8, 4) is 0 Å². The summed E-state index contributed by atoms with van der Waals surface area (Å²) in [7, 11) is 0. The van der Waals surface area contributed by atoms with Gasteiger partial charge in [-0.2, -0.15) is 13.2 Å². The zero-order valence-electron chi connectivity index (χ0n) is 11.3. The molecule has 1 aliphatic rings. The normalized spacial score (nSPS) is 16.8. The molecule has 1 aromatic carbocycles. The van der Waals surface area contributed by atoms with Crippen LogP contribution in [0.1, 0.15) is 18.4 Å². The molecule has 0 bridgehead atoms. The Morgan fingerprint density at radius 2 is 2.10 bits per heavy atom. The zero-order chi connectivity index (χ0) is 15.5. The number of aliphatic hydroxyl groups excluding tert-OH is 1. The van der Waals surface area contributed by atoms with Crippen LogP contribution in [-0.4, -0.2) is 31.0 Å². The molecule has 2 N–H and O–H groups in total. The van der Waals surface area contributed by atoms with Crippen LogP contribution >= 0.6 is 11.6 Å². The van der Waals surface area contributed by atoms with Gasteiger partial charge in [-0.25, -0.2) is 0 Å². The van der Waals surface area contributed by atoms with Gasteiger partial charge in [0.1, 0.15) is 0 Å². The molecule has 0 aliphatic heterocycles. The van der Waals surface area contributed by atoms with E-state index in [-0.39, 0.29) is 23.9 Å². The summed E-state index contributed by atoms with van der Waals surface area (Å²) in [5.41, 5.74) is -0.637. The number of rotatable bonds is 7. The first kappa shape index (κ1) is 16.4. The lowest BCUT2D eigenvalue weighted by molar-refractivity contribution is -0.137. The molecule has 2 rings (SSSR count). The molecule has 1 aliphatic carbocycles. The third-order valence-corrected chi connectivity index (χ3v) is 3.51. The van der Waals surface area contributed by atoms with Gasteiger partial charge in [-0.3, -0.25) is 0 Å². The summed E-state index contributed by atoms with van der Waals surface area (Å²) in [4.78, 5) is 0. The second-order valence-electron chi connectivity index (χ2n) is 5.21. The van der Waals surface area contributed by atoms with Crippen molar-refractivity contribution in [1.29, 1.82) is 0 Å². The van der Waals surface area contributed by atoms with Crippen LogP contribution < -0.4 is 5.32 Å². The topological polar surface area (TPSA) is 41.5 Å². The van der Waals surface area contributed by atoms with E-state index in [9.17, 15) is 18.3 Å². The standard InChI is InChI=1S/C14H17ClF3NO2/c15-12-4-3-10(14(16,17)18)5-13(12)19-6-11(20)8-21-7-9-1-2-9/h3-5,9,11,19-20H,1-2,6-8H2. The molecular formula is C14H17ClF3NO2. The maximum absolute atomic E-state index is 12.6. The summed E-state index contributed by atoms with van der Waals surface area (Å²) in [6.45, 7) is 0.854. The van der Waals surface area contributed by atoms with Gasteiger partial charge in [0, 0.05) is 13.2 Å². The smallest absolute Gasteiger partial charge is 0.389 e.